The summed E-state index contributed by atoms with van der Waals surface area (Å²) in [6, 6.07) is -3.59. The highest BCUT2D eigenvalue weighted by atomic mass is 19.3. The van der Waals surface area contributed by atoms with Gasteiger partial charge in [-0.1, -0.05) is 20.4 Å². The summed E-state index contributed by atoms with van der Waals surface area (Å²) < 4.78 is 83.9. The molecule has 0 aromatic carbocycles. The first-order valence-electron chi connectivity index (χ1n) is 17.6. The molecule has 0 aromatic rings. The minimum absolute atomic E-state index is 0.00185. The van der Waals surface area contributed by atoms with Crippen molar-refractivity contribution < 1.29 is 36.3 Å². The van der Waals surface area contributed by atoms with Crippen molar-refractivity contribution in [1.82, 2.24) is 36.0 Å². The summed E-state index contributed by atoms with van der Waals surface area (Å²) in [6.07, 6.45) is -7.77. The van der Waals surface area contributed by atoms with Crippen LogP contribution in [0, 0.1) is 17.8 Å². The maximum absolute atomic E-state index is 16.6. The van der Waals surface area contributed by atoms with E-state index in [2.05, 4.69) is 32.7 Å². The van der Waals surface area contributed by atoms with Crippen LogP contribution in [-0.4, -0.2) is 132 Å². The van der Waals surface area contributed by atoms with E-state index in [0.29, 0.717) is 19.8 Å². The zero-order valence-electron chi connectivity index (χ0n) is 28.3. The fourth-order valence-electron chi connectivity index (χ4n) is 9.43. The average molecular weight is 690 g/mol. The van der Waals surface area contributed by atoms with E-state index in [1.54, 1.807) is 9.80 Å². The van der Waals surface area contributed by atoms with Crippen molar-refractivity contribution in [3.05, 3.63) is 12.7 Å². The number of rotatable bonds is 3. The Kier molecular flexibility index (Phi) is 10.4. The number of hydrogen-bond donors (Lipinski definition) is 4. The minimum Gasteiger partial charge on any atom is -0.372 e. The predicted molar refractivity (Wildman–Crippen MR) is 169 cm³/mol. The van der Waals surface area contributed by atoms with E-state index in [0.717, 1.165) is 0 Å². The molecule has 272 valence electrons. The number of halogens is 5. The van der Waals surface area contributed by atoms with Crippen LogP contribution in [0.1, 0.15) is 59.8 Å². The molecule has 0 spiro atoms. The molecule has 5 aliphatic heterocycles. The normalized spacial score (nSPS) is 45.5. The lowest BCUT2D eigenvalue weighted by molar-refractivity contribution is -0.154. The van der Waals surface area contributed by atoms with Crippen molar-refractivity contribution in [2.45, 2.75) is 139 Å². The number of alkyl halides is 5. The molecule has 5 heterocycles. The van der Waals surface area contributed by atoms with Gasteiger partial charge in [-0.05, 0) is 51.5 Å². The number of urea groups is 1. The molecule has 5 saturated heterocycles. The topological polar surface area (TPSA) is 101 Å². The number of fused-ring (bicyclic) bond motifs is 5. The first-order chi connectivity index (χ1) is 22.7. The van der Waals surface area contributed by atoms with E-state index < -0.39 is 91.9 Å². The lowest BCUT2D eigenvalue weighted by atomic mass is 9.72. The van der Waals surface area contributed by atoms with Gasteiger partial charge in [0.2, 0.25) is 5.91 Å². The van der Waals surface area contributed by atoms with E-state index in [-0.39, 0.29) is 55.6 Å². The molecule has 3 amide bonds. The molecule has 6 rings (SSSR count). The molecular formula is C33H52F5N7O3. The molecule has 6 aliphatic rings. The van der Waals surface area contributed by atoms with E-state index in [4.69, 9.17) is 4.74 Å². The minimum atomic E-state index is -3.27. The van der Waals surface area contributed by atoms with Gasteiger partial charge in [-0.3, -0.25) is 25.6 Å². The molecule has 0 aromatic heterocycles. The van der Waals surface area contributed by atoms with Crippen molar-refractivity contribution in [3.63, 3.8) is 0 Å². The van der Waals surface area contributed by atoms with Crippen molar-refractivity contribution in [2.75, 3.05) is 26.4 Å². The van der Waals surface area contributed by atoms with Gasteiger partial charge in [0.05, 0.1) is 24.5 Å². The van der Waals surface area contributed by atoms with Gasteiger partial charge in [0.1, 0.15) is 25.1 Å². The molecule has 15 heteroatoms. The molecule has 12 unspecified atom stereocenters. The highest BCUT2D eigenvalue weighted by molar-refractivity contribution is 5.87. The molecular weight excluding hydrogens is 637 g/mol. The molecule has 1 saturated carbocycles. The Morgan fingerprint density at radius 2 is 1.79 bits per heavy atom. The molecule has 6 fully saturated rings. The molecule has 4 N–H and O–H groups in total. The van der Waals surface area contributed by atoms with Crippen molar-refractivity contribution in [1.29, 1.82) is 0 Å². The SMILES string of the molecule is C=CC(=O)N1C[C@H](C)N(C2NC(=O)N3C4NC(C(F)CC42)C2C(CCC(F)C2F)OCC(F)(F)CCC2NCNC(C(C)C)C23)C[C@H]1C. The van der Waals surface area contributed by atoms with E-state index >= 15 is 17.6 Å². The predicted octanol–water partition coefficient (Wildman–Crippen LogP) is 2.90. The highest BCUT2D eigenvalue weighted by Crippen LogP contribution is 2.43. The van der Waals surface area contributed by atoms with Crippen LogP contribution in [0.25, 0.3) is 0 Å². The monoisotopic (exact) mass is 689 g/mol. The number of hydrogen-bond acceptors (Lipinski definition) is 7. The summed E-state index contributed by atoms with van der Waals surface area (Å²) in [6.45, 7) is 11.6. The number of ether oxygens (including phenoxy) is 1. The fourth-order valence-corrected chi connectivity index (χ4v) is 9.43. The third-order valence-corrected chi connectivity index (χ3v) is 11.9. The average Bonchev–Trinajstić information content (AvgIpc) is 3.05. The van der Waals surface area contributed by atoms with Gasteiger partial charge < -0.3 is 19.9 Å². The summed E-state index contributed by atoms with van der Waals surface area (Å²) in [5.41, 5.74) is 0. The zero-order valence-corrected chi connectivity index (χ0v) is 28.3. The van der Waals surface area contributed by atoms with Crippen LogP contribution in [-0.2, 0) is 9.53 Å². The third kappa shape index (κ3) is 6.58. The molecule has 10 nitrogen and oxygen atoms in total. The van der Waals surface area contributed by atoms with E-state index in [9.17, 15) is 14.0 Å². The molecule has 14 atom stereocenters. The van der Waals surface area contributed by atoms with Crippen LogP contribution >= 0.6 is 0 Å². The number of piperazine rings is 1. The van der Waals surface area contributed by atoms with Gasteiger partial charge in [-0.15, -0.1) is 0 Å². The van der Waals surface area contributed by atoms with Gasteiger partial charge in [-0.2, -0.15) is 0 Å². The van der Waals surface area contributed by atoms with Gasteiger partial charge in [0.25, 0.3) is 5.92 Å². The maximum atomic E-state index is 16.6. The van der Waals surface area contributed by atoms with Crippen molar-refractivity contribution in [3.8, 4) is 0 Å². The van der Waals surface area contributed by atoms with Gasteiger partial charge in [0.15, 0.2) is 0 Å². The quantitative estimate of drug-likeness (QED) is 0.267. The zero-order chi connectivity index (χ0) is 34.7. The molecule has 1 aliphatic carbocycles. The molecule has 0 radical (unpaired) electrons. The Labute approximate surface area is 279 Å². The van der Waals surface area contributed by atoms with Gasteiger partial charge in [0, 0.05) is 68.2 Å². The van der Waals surface area contributed by atoms with E-state index in [1.807, 2.05) is 27.7 Å². The summed E-state index contributed by atoms with van der Waals surface area (Å²) in [5, 5.41) is 13.2. The second-order valence-corrected chi connectivity index (χ2v) is 15.3. The summed E-state index contributed by atoms with van der Waals surface area (Å²) in [4.78, 5) is 32.5. The number of carbonyl (C=O) groups is 2. The summed E-state index contributed by atoms with van der Waals surface area (Å²) >= 11 is 0. The van der Waals surface area contributed by atoms with Crippen LogP contribution in [0.3, 0.4) is 0 Å². The number of carbonyl (C=O) groups excluding carboxylic acids is 2. The van der Waals surface area contributed by atoms with Gasteiger partial charge >= 0.3 is 6.03 Å². The summed E-state index contributed by atoms with van der Waals surface area (Å²) in [5.74, 6) is -5.37. The smallest absolute Gasteiger partial charge is 0.320 e. The van der Waals surface area contributed by atoms with Crippen molar-refractivity contribution in [2.24, 2.45) is 17.8 Å². The number of nitrogens with zero attached hydrogens (tertiary/aromatic N) is 3. The lowest BCUT2D eigenvalue weighted by Gasteiger charge is -2.60. The van der Waals surface area contributed by atoms with Crippen molar-refractivity contribution >= 4 is 11.9 Å². The molecule has 2 bridgehead atoms. The van der Waals surface area contributed by atoms with Crippen LogP contribution in [0.5, 0.6) is 0 Å². The standard InChI is InChI=1S/C33H52F5N7O3/c1-6-24(46)43-12-18(5)44(13-17(43)4)30-19-11-21(35)28-25-23(8-7-20(34)26(25)36)48-14-33(37,38)10-9-22-29(27(16(2)3)40-15-39-22)45(31(19)41-28)32(47)42-30/h6,16-23,25-31,39-41H,1,7-15H2,2-5H3,(H,42,47)/t17-,18+,19?,20?,21?,22?,23?,25?,26?,27?,28?,29?,30?,31?/m1/s1. The van der Waals surface area contributed by atoms with Gasteiger partial charge in [-0.25, -0.2) is 26.7 Å². The number of nitrogens with one attached hydrogen (secondary N) is 4. The maximum Gasteiger partial charge on any atom is 0.320 e. The van der Waals surface area contributed by atoms with Crippen LogP contribution in [0.2, 0.25) is 0 Å². The Morgan fingerprint density at radius 3 is 2.50 bits per heavy atom. The molecule has 48 heavy (non-hydrogen) atoms. The Bertz CT molecular complexity index is 1200. The van der Waals surface area contributed by atoms with Crippen LogP contribution in [0.4, 0.5) is 26.7 Å². The number of piperidine rings is 1. The lowest BCUT2D eigenvalue weighted by Crippen LogP contribution is -2.81. The summed E-state index contributed by atoms with van der Waals surface area (Å²) in [7, 11) is 0. The Balaban J connectivity index is 1.42. The van der Waals surface area contributed by atoms with Crippen LogP contribution < -0.4 is 21.3 Å². The van der Waals surface area contributed by atoms with E-state index in [1.165, 1.54) is 6.08 Å². The third-order valence-electron chi connectivity index (χ3n) is 11.9. The Morgan fingerprint density at radius 1 is 1.04 bits per heavy atom. The Hall–Kier alpha value is -2.07. The largest absolute Gasteiger partial charge is 0.372 e. The first kappa shape index (κ1) is 35.7. The first-order valence-corrected chi connectivity index (χ1v) is 17.6. The second kappa shape index (κ2) is 13.9. The highest BCUT2D eigenvalue weighted by Gasteiger charge is 2.59. The fraction of sp³-hybridized carbons (Fsp3) is 0.879. The second-order valence-electron chi connectivity index (χ2n) is 15.3. The number of amides is 3. The van der Waals surface area contributed by atoms with Crippen LogP contribution in [0.15, 0.2) is 12.7 Å².